The number of ether oxygens (including phenoxy) is 1. The van der Waals surface area contributed by atoms with Gasteiger partial charge in [-0.3, -0.25) is 0 Å². The highest BCUT2D eigenvalue weighted by molar-refractivity contribution is 4.86. The summed E-state index contributed by atoms with van der Waals surface area (Å²) in [5.41, 5.74) is 0.0278. The smallest absolute Gasteiger partial charge is 0.105 e. The van der Waals surface area contributed by atoms with Gasteiger partial charge < -0.3 is 4.74 Å². The van der Waals surface area contributed by atoms with Gasteiger partial charge >= 0.3 is 0 Å². The lowest BCUT2D eigenvalue weighted by Gasteiger charge is -2.39. The molecule has 1 nitrogen and oxygen atoms in total. The van der Waals surface area contributed by atoms with E-state index in [0.29, 0.717) is 0 Å². The molecule has 1 heteroatoms. The summed E-state index contributed by atoms with van der Waals surface area (Å²) >= 11 is 0. The van der Waals surface area contributed by atoms with Gasteiger partial charge in [0.15, 0.2) is 0 Å². The normalized spacial score (nSPS) is 19.8. The largest absolute Gasteiger partial charge is 0.496 e. The molecule has 0 atom stereocenters. The van der Waals surface area contributed by atoms with Gasteiger partial charge in [0.25, 0.3) is 0 Å². The topological polar surface area (TPSA) is 9.23 Å². The van der Waals surface area contributed by atoms with Crippen LogP contribution in [0.25, 0.3) is 0 Å². The molecule has 0 aliphatic heterocycles. The first-order valence-corrected chi connectivity index (χ1v) is 3.95. The lowest BCUT2D eigenvalue weighted by Crippen LogP contribution is -2.37. The SMILES string of the molecule is C=COC(C)(C)C1CCC1. The van der Waals surface area contributed by atoms with Crippen LogP contribution in [0.5, 0.6) is 0 Å². The van der Waals surface area contributed by atoms with Crippen molar-refractivity contribution in [1.29, 1.82) is 0 Å². The molecule has 0 heterocycles. The van der Waals surface area contributed by atoms with E-state index in [1.165, 1.54) is 19.3 Å². The molecule has 1 aliphatic rings. The average Bonchev–Trinajstić information content (AvgIpc) is 1.56. The highest BCUT2D eigenvalue weighted by Gasteiger charge is 2.34. The summed E-state index contributed by atoms with van der Waals surface area (Å²) < 4.78 is 5.40. The highest BCUT2D eigenvalue weighted by Crippen LogP contribution is 2.37. The Balaban J connectivity index is 2.39. The number of hydrogen-bond donors (Lipinski definition) is 0. The Labute approximate surface area is 63.1 Å². The van der Waals surface area contributed by atoms with Crippen LogP contribution in [0, 0.1) is 5.92 Å². The molecule has 0 aromatic rings. The molecule has 58 valence electrons. The van der Waals surface area contributed by atoms with E-state index >= 15 is 0 Å². The van der Waals surface area contributed by atoms with Crippen LogP contribution in [0.4, 0.5) is 0 Å². The van der Waals surface area contributed by atoms with Crippen molar-refractivity contribution < 1.29 is 4.74 Å². The molecular formula is C9H16O. The van der Waals surface area contributed by atoms with E-state index in [4.69, 9.17) is 4.74 Å². The fourth-order valence-corrected chi connectivity index (χ4v) is 1.41. The summed E-state index contributed by atoms with van der Waals surface area (Å²) in [6, 6.07) is 0. The molecule has 1 aliphatic carbocycles. The Bertz CT molecular complexity index is 123. The maximum atomic E-state index is 5.40. The maximum Gasteiger partial charge on any atom is 0.105 e. The monoisotopic (exact) mass is 140 g/mol. The summed E-state index contributed by atoms with van der Waals surface area (Å²) in [6.45, 7) is 7.84. The second kappa shape index (κ2) is 2.65. The second-order valence-corrected chi connectivity index (χ2v) is 3.52. The van der Waals surface area contributed by atoms with Crippen molar-refractivity contribution in [2.45, 2.75) is 38.7 Å². The predicted molar refractivity (Wildman–Crippen MR) is 42.7 cm³/mol. The third kappa shape index (κ3) is 1.34. The summed E-state index contributed by atoms with van der Waals surface area (Å²) in [7, 11) is 0. The van der Waals surface area contributed by atoms with Crippen molar-refractivity contribution >= 4 is 0 Å². The van der Waals surface area contributed by atoms with Gasteiger partial charge in [-0.1, -0.05) is 13.0 Å². The van der Waals surface area contributed by atoms with Gasteiger partial charge in [-0.05, 0) is 32.6 Å². The van der Waals surface area contributed by atoms with E-state index in [9.17, 15) is 0 Å². The molecule has 1 rings (SSSR count). The van der Waals surface area contributed by atoms with Crippen molar-refractivity contribution in [1.82, 2.24) is 0 Å². The Morgan fingerprint density at radius 3 is 2.40 bits per heavy atom. The Morgan fingerprint density at radius 1 is 1.50 bits per heavy atom. The molecule has 0 spiro atoms. The molecule has 0 aromatic carbocycles. The maximum absolute atomic E-state index is 5.40. The van der Waals surface area contributed by atoms with E-state index in [1.54, 1.807) is 6.26 Å². The van der Waals surface area contributed by atoms with Crippen LogP contribution >= 0.6 is 0 Å². The minimum atomic E-state index is 0.0278. The van der Waals surface area contributed by atoms with Crippen LogP contribution in [-0.2, 0) is 4.74 Å². The third-order valence-corrected chi connectivity index (χ3v) is 2.48. The fourth-order valence-electron chi connectivity index (χ4n) is 1.41. The van der Waals surface area contributed by atoms with Crippen molar-refractivity contribution in [2.75, 3.05) is 0 Å². The first-order valence-electron chi connectivity index (χ1n) is 3.95. The van der Waals surface area contributed by atoms with E-state index < -0.39 is 0 Å². The molecule has 0 bridgehead atoms. The van der Waals surface area contributed by atoms with Gasteiger partial charge in [-0.25, -0.2) is 0 Å². The molecule has 0 radical (unpaired) electrons. The van der Waals surface area contributed by atoms with Gasteiger partial charge in [0.1, 0.15) is 5.60 Å². The van der Waals surface area contributed by atoms with Gasteiger partial charge in [-0.15, -0.1) is 0 Å². The van der Waals surface area contributed by atoms with E-state index in [-0.39, 0.29) is 5.60 Å². The summed E-state index contributed by atoms with van der Waals surface area (Å²) in [6.07, 6.45) is 5.56. The molecule has 1 fully saturated rings. The van der Waals surface area contributed by atoms with Crippen molar-refractivity contribution in [3.63, 3.8) is 0 Å². The lowest BCUT2D eigenvalue weighted by molar-refractivity contribution is -0.0303. The quantitative estimate of drug-likeness (QED) is 0.548. The molecule has 0 N–H and O–H groups in total. The fraction of sp³-hybridized carbons (Fsp3) is 0.778. The Kier molecular flexibility index (Phi) is 2.02. The highest BCUT2D eigenvalue weighted by atomic mass is 16.5. The van der Waals surface area contributed by atoms with Crippen molar-refractivity contribution in [3.05, 3.63) is 12.8 Å². The standard InChI is InChI=1S/C9H16O/c1-4-10-9(2,3)8-6-5-7-8/h4,8H,1,5-7H2,2-3H3. The second-order valence-electron chi connectivity index (χ2n) is 3.52. The van der Waals surface area contributed by atoms with Crippen LogP contribution < -0.4 is 0 Å². The van der Waals surface area contributed by atoms with Crippen molar-refractivity contribution in [3.8, 4) is 0 Å². The van der Waals surface area contributed by atoms with Gasteiger partial charge in [-0.2, -0.15) is 0 Å². The Morgan fingerprint density at radius 2 is 2.10 bits per heavy atom. The average molecular weight is 140 g/mol. The minimum Gasteiger partial charge on any atom is -0.496 e. The van der Waals surface area contributed by atoms with Crippen LogP contribution in [0.15, 0.2) is 12.8 Å². The van der Waals surface area contributed by atoms with Crippen molar-refractivity contribution in [2.24, 2.45) is 5.92 Å². The summed E-state index contributed by atoms with van der Waals surface area (Å²) in [5.74, 6) is 0.755. The first kappa shape index (κ1) is 7.64. The zero-order valence-corrected chi connectivity index (χ0v) is 6.89. The Hall–Kier alpha value is -0.460. The van der Waals surface area contributed by atoms with Crippen LogP contribution in [0.3, 0.4) is 0 Å². The zero-order valence-electron chi connectivity index (χ0n) is 6.89. The molecule has 1 saturated carbocycles. The van der Waals surface area contributed by atoms with E-state index in [0.717, 1.165) is 5.92 Å². The van der Waals surface area contributed by atoms with E-state index in [1.807, 2.05) is 0 Å². The minimum absolute atomic E-state index is 0.0278. The first-order chi connectivity index (χ1) is 4.67. The van der Waals surface area contributed by atoms with Crippen LogP contribution in [0.1, 0.15) is 33.1 Å². The van der Waals surface area contributed by atoms with Gasteiger partial charge in [0.05, 0.1) is 6.26 Å². The van der Waals surface area contributed by atoms with E-state index in [2.05, 4.69) is 20.4 Å². The molecule has 0 unspecified atom stereocenters. The van der Waals surface area contributed by atoms with Gasteiger partial charge in [0, 0.05) is 0 Å². The molecule has 10 heavy (non-hydrogen) atoms. The number of hydrogen-bond acceptors (Lipinski definition) is 1. The lowest BCUT2D eigenvalue weighted by atomic mass is 9.74. The summed E-state index contributed by atoms with van der Waals surface area (Å²) in [4.78, 5) is 0. The molecule has 0 saturated heterocycles. The molecule has 0 amide bonds. The molecular weight excluding hydrogens is 124 g/mol. The molecule has 0 aromatic heterocycles. The van der Waals surface area contributed by atoms with Crippen LogP contribution in [0.2, 0.25) is 0 Å². The predicted octanol–water partition coefficient (Wildman–Crippen LogP) is 2.73. The summed E-state index contributed by atoms with van der Waals surface area (Å²) in [5, 5.41) is 0. The third-order valence-electron chi connectivity index (χ3n) is 2.48. The van der Waals surface area contributed by atoms with Crippen LogP contribution in [-0.4, -0.2) is 5.60 Å². The van der Waals surface area contributed by atoms with Gasteiger partial charge in [0.2, 0.25) is 0 Å². The zero-order chi connectivity index (χ0) is 7.61. The number of rotatable bonds is 3.